The summed E-state index contributed by atoms with van der Waals surface area (Å²) in [4.78, 5) is 9.32. The molecule has 2 aromatic rings. The highest BCUT2D eigenvalue weighted by Crippen LogP contribution is 2.19. The number of nitrogens with two attached hydrogens (primary N) is 1. The van der Waals surface area contributed by atoms with Crippen LogP contribution in [0.1, 0.15) is 6.42 Å². The average molecular weight is 260 g/mol. The topological polar surface area (TPSA) is 62.7 Å². The van der Waals surface area contributed by atoms with Crippen LogP contribution < -0.4 is 10.6 Å². The fourth-order valence-electron chi connectivity index (χ4n) is 2.68. The summed E-state index contributed by atoms with van der Waals surface area (Å²) in [6, 6.07) is 2.02. The molecule has 0 aromatic carbocycles. The van der Waals surface area contributed by atoms with Crippen LogP contribution in [0.2, 0.25) is 0 Å². The van der Waals surface area contributed by atoms with Crippen molar-refractivity contribution in [3.63, 3.8) is 0 Å². The molecule has 1 fully saturated rings. The third-order valence-electron chi connectivity index (χ3n) is 3.64. The Balaban J connectivity index is 1.80. The first kappa shape index (κ1) is 12.4. The van der Waals surface area contributed by atoms with Crippen molar-refractivity contribution in [2.75, 3.05) is 44.2 Å². The summed E-state index contributed by atoms with van der Waals surface area (Å²) in [5.41, 5.74) is 6.72. The quantitative estimate of drug-likeness (QED) is 0.854. The third kappa shape index (κ3) is 2.54. The van der Waals surface area contributed by atoms with Gasteiger partial charge in [0.15, 0.2) is 5.82 Å². The number of aromatic nitrogens is 3. The van der Waals surface area contributed by atoms with Crippen molar-refractivity contribution in [1.29, 1.82) is 0 Å². The molecular weight excluding hydrogens is 240 g/mol. The summed E-state index contributed by atoms with van der Waals surface area (Å²) in [6.07, 6.45) is 6.67. The van der Waals surface area contributed by atoms with Crippen LogP contribution in [0.5, 0.6) is 0 Å². The first-order chi connectivity index (χ1) is 9.38. The van der Waals surface area contributed by atoms with E-state index in [1.54, 1.807) is 0 Å². The molecule has 0 radical (unpaired) electrons. The fourth-order valence-corrected chi connectivity index (χ4v) is 2.68. The summed E-state index contributed by atoms with van der Waals surface area (Å²) in [7, 11) is 0. The maximum Gasteiger partial charge on any atom is 0.154 e. The Kier molecular flexibility index (Phi) is 3.61. The molecule has 0 bridgehead atoms. The van der Waals surface area contributed by atoms with E-state index in [1.807, 2.05) is 29.2 Å². The number of hydrogen-bond acceptors (Lipinski definition) is 5. The fraction of sp³-hybridized carbons (Fsp3) is 0.538. The summed E-state index contributed by atoms with van der Waals surface area (Å²) in [6.45, 7) is 5.93. The summed E-state index contributed by atoms with van der Waals surface area (Å²) < 4.78 is 1.88. The maximum atomic E-state index is 5.64. The van der Waals surface area contributed by atoms with Crippen molar-refractivity contribution >= 4 is 11.3 Å². The van der Waals surface area contributed by atoms with E-state index in [0.717, 1.165) is 57.0 Å². The first-order valence-corrected chi connectivity index (χ1v) is 6.84. The molecule has 3 heterocycles. The van der Waals surface area contributed by atoms with E-state index in [0.29, 0.717) is 0 Å². The van der Waals surface area contributed by atoms with E-state index in [-0.39, 0.29) is 0 Å². The van der Waals surface area contributed by atoms with Crippen molar-refractivity contribution in [3.8, 4) is 0 Å². The van der Waals surface area contributed by atoms with Crippen LogP contribution in [0.4, 0.5) is 5.82 Å². The standard InChI is InChI=1S/C13H20N6/c14-3-8-17-6-1-7-18(11-10-17)13-12-2-4-16-19(12)9-5-15-13/h2,4-5,9H,1,3,6-8,10-11,14H2. The highest BCUT2D eigenvalue weighted by atomic mass is 15.3. The molecule has 102 valence electrons. The van der Waals surface area contributed by atoms with Gasteiger partial charge in [0.25, 0.3) is 0 Å². The molecule has 0 unspecified atom stereocenters. The van der Waals surface area contributed by atoms with Crippen LogP contribution >= 0.6 is 0 Å². The lowest BCUT2D eigenvalue weighted by molar-refractivity contribution is 0.302. The van der Waals surface area contributed by atoms with E-state index in [4.69, 9.17) is 5.73 Å². The molecule has 6 heteroatoms. The van der Waals surface area contributed by atoms with Gasteiger partial charge in [-0.3, -0.25) is 0 Å². The molecule has 1 saturated heterocycles. The Morgan fingerprint density at radius 3 is 3.00 bits per heavy atom. The molecule has 0 saturated carbocycles. The van der Waals surface area contributed by atoms with E-state index < -0.39 is 0 Å². The highest BCUT2D eigenvalue weighted by Gasteiger charge is 2.17. The van der Waals surface area contributed by atoms with Crippen LogP contribution in [0.3, 0.4) is 0 Å². The van der Waals surface area contributed by atoms with Crippen LogP contribution in [0.25, 0.3) is 5.52 Å². The second kappa shape index (κ2) is 5.54. The second-order valence-corrected chi connectivity index (χ2v) is 4.88. The molecule has 3 rings (SSSR count). The van der Waals surface area contributed by atoms with Crippen molar-refractivity contribution in [3.05, 3.63) is 24.7 Å². The summed E-state index contributed by atoms with van der Waals surface area (Å²) in [5.74, 6) is 1.04. The minimum absolute atomic E-state index is 0.733. The van der Waals surface area contributed by atoms with Gasteiger partial charge in [0.2, 0.25) is 0 Å². The largest absolute Gasteiger partial charge is 0.353 e. The number of fused-ring (bicyclic) bond motifs is 1. The monoisotopic (exact) mass is 260 g/mol. The van der Waals surface area contributed by atoms with Crippen molar-refractivity contribution < 1.29 is 0 Å². The number of anilines is 1. The molecule has 0 atom stereocenters. The minimum Gasteiger partial charge on any atom is -0.353 e. The van der Waals surface area contributed by atoms with Gasteiger partial charge in [-0.1, -0.05) is 0 Å². The van der Waals surface area contributed by atoms with Crippen molar-refractivity contribution in [2.24, 2.45) is 5.73 Å². The van der Waals surface area contributed by atoms with Gasteiger partial charge >= 0.3 is 0 Å². The van der Waals surface area contributed by atoms with E-state index >= 15 is 0 Å². The number of nitrogens with zero attached hydrogens (tertiary/aromatic N) is 5. The molecule has 19 heavy (non-hydrogen) atoms. The molecule has 2 N–H and O–H groups in total. The van der Waals surface area contributed by atoms with Gasteiger partial charge in [0.1, 0.15) is 5.52 Å². The summed E-state index contributed by atoms with van der Waals surface area (Å²) in [5, 5.41) is 4.27. The Hall–Kier alpha value is -1.66. The average Bonchev–Trinajstić information content (AvgIpc) is 2.79. The van der Waals surface area contributed by atoms with Crippen LogP contribution in [-0.2, 0) is 0 Å². The van der Waals surface area contributed by atoms with E-state index in [2.05, 4.69) is 19.9 Å². The molecule has 6 nitrogen and oxygen atoms in total. The molecule has 1 aliphatic heterocycles. The van der Waals surface area contributed by atoms with Gasteiger partial charge in [-0.15, -0.1) is 0 Å². The third-order valence-corrected chi connectivity index (χ3v) is 3.64. The second-order valence-electron chi connectivity index (χ2n) is 4.88. The Labute approximate surface area is 112 Å². The Morgan fingerprint density at radius 1 is 1.16 bits per heavy atom. The molecule has 1 aliphatic rings. The normalized spacial score (nSPS) is 17.8. The van der Waals surface area contributed by atoms with Gasteiger partial charge in [-0.05, 0) is 19.0 Å². The van der Waals surface area contributed by atoms with Gasteiger partial charge in [-0.2, -0.15) is 5.10 Å². The van der Waals surface area contributed by atoms with Crippen molar-refractivity contribution in [1.82, 2.24) is 19.5 Å². The van der Waals surface area contributed by atoms with Gasteiger partial charge < -0.3 is 15.5 Å². The zero-order valence-electron chi connectivity index (χ0n) is 11.1. The lowest BCUT2D eigenvalue weighted by Gasteiger charge is -2.22. The van der Waals surface area contributed by atoms with Crippen LogP contribution in [0, 0.1) is 0 Å². The SMILES string of the molecule is NCCN1CCCN(c2nccn3nccc23)CC1. The highest BCUT2D eigenvalue weighted by molar-refractivity contribution is 5.68. The molecular formula is C13H20N6. The van der Waals surface area contributed by atoms with Gasteiger partial charge in [0.05, 0.1) is 6.20 Å². The van der Waals surface area contributed by atoms with Crippen LogP contribution in [0.15, 0.2) is 24.7 Å². The first-order valence-electron chi connectivity index (χ1n) is 6.84. The minimum atomic E-state index is 0.733. The number of rotatable bonds is 3. The van der Waals surface area contributed by atoms with E-state index in [1.165, 1.54) is 0 Å². The zero-order chi connectivity index (χ0) is 13.1. The maximum absolute atomic E-state index is 5.64. The van der Waals surface area contributed by atoms with Crippen LogP contribution in [-0.4, -0.2) is 58.8 Å². The lowest BCUT2D eigenvalue weighted by Crippen LogP contribution is -2.34. The molecule has 0 aliphatic carbocycles. The predicted molar refractivity (Wildman–Crippen MR) is 75.3 cm³/mol. The predicted octanol–water partition coefficient (Wildman–Crippen LogP) is 0.200. The molecule has 2 aromatic heterocycles. The smallest absolute Gasteiger partial charge is 0.154 e. The van der Waals surface area contributed by atoms with Gasteiger partial charge in [-0.25, -0.2) is 9.50 Å². The van der Waals surface area contributed by atoms with Crippen molar-refractivity contribution in [2.45, 2.75) is 6.42 Å². The van der Waals surface area contributed by atoms with Gasteiger partial charge in [0, 0.05) is 45.1 Å². The molecule has 0 amide bonds. The Bertz CT molecular complexity index is 537. The lowest BCUT2D eigenvalue weighted by atomic mass is 10.3. The Morgan fingerprint density at radius 2 is 2.11 bits per heavy atom. The van der Waals surface area contributed by atoms with E-state index in [9.17, 15) is 0 Å². The zero-order valence-corrected chi connectivity index (χ0v) is 11.1. The summed E-state index contributed by atoms with van der Waals surface area (Å²) >= 11 is 0. The number of hydrogen-bond donors (Lipinski definition) is 1. The molecule has 0 spiro atoms.